The fourth-order valence-corrected chi connectivity index (χ4v) is 18.6. The number of hydrogen-bond donors (Lipinski definition) is 0. The number of rotatable bonds is 14. The second kappa shape index (κ2) is 19.1. The van der Waals surface area contributed by atoms with Crippen LogP contribution >= 0.6 is 0 Å². The van der Waals surface area contributed by atoms with E-state index in [1.807, 2.05) is 24.3 Å². The number of fused-ring (bicyclic) bond motifs is 6. The Morgan fingerprint density at radius 1 is 0.662 bits per heavy atom. The minimum atomic E-state index is -4.57. The predicted molar refractivity (Wildman–Crippen MR) is 255 cm³/mol. The molecule has 16 nitrogen and oxygen atoms in total. The molecule has 5 aliphatic carbocycles. The Hall–Kier alpha value is -1.98. The molecule has 7 aliphatic rings. The fraction of sp³-hybridized carbons (Fsp3) is 0.809. The van der Waals surface area contributed by atoms with Crippen molar-refractivity contribution in [1.29, 1.82) is 0 Å². The molecule has 0 aromatic rings. The van der Waals surface area contributed by atoms with Gasteiger partial charge in [0.15, 0.2) is 21.6 Å². The highest BCUT2D eigenvalue weighted by atomic mass is 32.2. The van der Waals surface area contributed by atoms with Crippen molar-refractivity contribution >= 4 is 56.0 Å². The molecule has 68 heavy (non-hydrogen) atoms. The maximum absolute atomic E-state index is 14.0. The van der Waals surface area contributed by atoms with Crippen LogP contribution in [0.25, 0.3) is 0 Å². The van der Waals surface area contributed by atoms with E-state index in [1.165, 1.54) is 20.1 Å². The molecule has 21 heteroatoms. The van der Waals surface area contributed by atoms with Gasteiger partial charge in [-0.3, -0.25) is 0 Å². The Morgan fingerprint density at radius 3 is 1.75 bits per heavy atom. The molecule has 0 amide bonds. The summed E-state index contributed by atoms with van der Waals surface area (Å²) in [6.45, 7) is 11.8. The van der Waals surface area contributed by atoms with Crippen LogP contribution in [0.4, 0.5) is 0 Å². The summed E-state index contributed by atoms with van der Waals surface area (Å²) in [5.41, 5.74) is 1.90. The Bertz CT molecular complexity index is 2720. The molecular formula is C47H71N2O14S5-3. The highest BCUT2D eigenvalue weighted by Crippen LogP contribution is 2.60. The van der Waals surface area contributed by atoms with Crippen LogP contribution in [0.3, 0.4) is 0 Å². The number of likely N-dealkylation sites (tertiary alicyclic amines) is 1. The van der Waals surface area contributed by atoms with E-state index < -0.39 is 82.1 Å². The Labute approximate surface area is 406 Å². The zero-order chi connectivity index (χ0) is 50.3. The molecule has 2 heterocycles. The first-order valence-electron chi connectivity index (χ1n) is 24.5. The average Bonchev–Trinajstić information content (AvgIpc) is 3.58. The quantitative estimate of drug-likeness (QED) is 0.153. The van der Waals surface area contributed by atoms with Gasteiger partial charge in [-0.1, -0.05) is 26.0 Å². The average molecular weight is 1050 g/mol. The van der Waals surface area contributed by atoms with Crippen molar-refractivity contribution in [1.82, 2.24) is 4.90 Å². The zero-order valence-electron chi connectivity index (χ0n) is 40.4. The van der Waals surface area contributed by atoms with Crippen LogP contribution < -0.4 is 0 Å². The third-order valence-electron chi connectivity index (χ3n) is 17.9. The van der Waals surface area contributed by atoms with Crippen molar-refractivity contribution in [3.05, 3.63) is 46.1 Å². The first kappa shape index (κ1) is 53.8. The van der Waals surface area contributed by atoms with Crippen molar-refractivity contribution < 1.29 is 64.9 Å². The maximum atomic E-state index is 14.0. The summed E-state index contributed by atoms with van der Waals surface area (Å²) in [6.07, 6.45) is 15.5. The molecule has 7 rings (SSSR count). The molecule has 0 aromatic heterocycles. The van der Waals surface area contributed by atoms with Crippen LogP contribution in [-0.4, -0.2) is 128 Å². The van der Waals surface area contributed by atoms with Gasteiger partial charge in [0.05, 0.1) is 56.0 Å². The summed E-state index contributed by atoms with van der Waals surface area (Å²) in [7, 11) is -21.9. The molecule has 12 unspecified atom stereocenters. The van der Waals surface area contributed by atoms with Crippen LogP contribution in [0.1, 0.15) is 138 Å². The molecule has 0 N–H and O–H groups in total. The van der Waals surface area contributed by atoms with Crippen molar-refractivity contribution in [3.63, 3.8) is 0 Å². The zero-order valence-corrected chi connectivity index (χ0v) is 44.5. The van der Waals surface area contributed by atoms with Gasteiger partial charge < -0.3 is 23.1 Å². The van der Waals surface area contributed by atoms with Crippen LogP contribution in [0.15, 0.2) is 46.1 Å². The van der Waals surface area contributed by atoms with Gasteiger partial charge in [-0.25, -0.2) is 46.7 Å². The summed E-state index contributed by atoms with van der Waals surface area (Å²) in [5, 5.41) is -4.14. The maximum Gasteiger partial charge on any atom is 0.182 e. The summed E-state index contributed by atoms with van der Waals surface area (Å²) < 4.78 is 175. The second-order valence-electron chi connectivity index (χ2n) is 22.5. The molecule has 5 fully saturated rings. The smallest absolute Gasteiger partial charge is 0.182 e. The Morgan fingerprint density at radius 2 is 1.21 bits per heavy atom. The summed E-state index contributed by atoms with van der Waals surface area (Å²) in [6, 6.07) is -0.0966. The van der Waals surface area contributed by atoms with E-state index in [0.29, 0.717) is 81.8 Å². The van der Waals surface area contributed by atoms with Crippen LogP contribution in [0.5, 0.6) is 0 Å². The number of sulfone groups is 1. The standard InChI is InChI=1S/C47H74N2O14S5/c1-29(65(52,53)54)23-25-48-39-19-11-33-27-35(67(58,59)60)15-17-37(33)43(39)46(3,4)41(48)21-13-31-9-8-10-32(45(31)64(7,50)51)14-22-42-47(5,6)44-38-18-16-36(68(61,62)63)28-34(38)12-20-40(44)49(42)26-24-30(2)66(55,56)57/h13-14,21-22,29-30,33-40,43-44H,8-12,15-20,23-28H2,1-7H3,(H3-,52,53,54,55,56,57,58,59,60,61,62,63)/p-3. The van der Waals surface area contributed by atoms with Crippen LogP contribution in [-0.2, 0) is 50.3 Å². The minimum absolute atomic E-state index is 0.0235. The van der Waals surface area contributed by atoms with Gasteiger partial charge in [-0.15, -0.1) is 0 Å². The highest BCUT2D eigenvalue weighted by molar-refractivity contribution is 7.94. The molecule has 0 bridgehead atoms. The fourth-order valence-electron chi connectivity index (χ4n) is 14.7. The molecule has 386 valence electrons. The molecule has 0 spiro atoms. The lowest BCUT2D eigenvalue weighted by atomic mass is 9.57. The SMILES string of the molecule is CC(CCN1/C(=C/C=C2\CCCC(/C=C/C3=[N+](CCC(C)S(=O)(=O)[O-])C4CCC5CC(S(=O)(=O)[O-])CCC5C4C3(C)C)=C2S(C)(=O)=O)C(C)(C)C2C3CCC(S(=O)(=O)[O-])CC3CCC21)S(=O)(=O)[O-]. The molecular weight excluding hydrogens is 977 g/mol. The summed E-state index contributed by atoms with van der Waals surface area (Å²) in [5.74, 6) is 0.298. The molecule has 0 radical (unpaired) electrons. The largest absolute Gasteiger partial charge is 0.748 e. The molecule has 1 saturated heterocycles. The number of allylic oxidation sites excluding steroid dienone is 7. The van der Waals surface area contributed by atoms with Gasteiger partial charge in [-0.2, -0.15) is 0 Å². The van der Waals surface area contributed by atoms with E-state index in [0.717, 1.165) is 11.4 Å². The van der Waals surface area contributed by atoms with Gasteiger partial charge in [0.2, 0.25) is 0 Å². The molecule has 0 aromatic carbocycles. The summed E-state index contributed by atoms with van der Waals surface area (Å²) in [4.78, 5) is 2.38. The monoisotopic (exact) mass is 1050 g/mol. The first-order valence-corrected chi connectivity index (χ1v) is 32.2. The number of hydrogen-bond acceptors (Lipinski definition) is 15. The predicted octanol–water partition coefficient (Wildman–Crippen LogP) is 5.54. The van der Waals surface area contributed by atoms with Gasteiger partial charge >= 0.3 is 0 Å². The van der Waals surface area contributed by atoms with E-state index >= 15 is 0 Å². The minimum Gasteiger partial charge on any atom is -0.748 e. The van der Waals surface area contributed by atoms with E-state index in [1.54, 1.807) is 0 Å². The van der Waals surface area contributed by atoms with Crippen molar-refractivity contribution in [3.8, 4) is 0 Å². The van der Waals surface area contributed by atoms with E-state index in [-0.39, 0.29) is 91.3 Å². The molecule has 12 atom stereocenters. The topological polar surface area (TPSA) is 269 Å². The first-order chi connectivity index (χ1) is 31.2. The summed E-state index contributed by atoms with van der Waals surface area (Å²) >= 11 is 0. The van der Waals surface area contributed by atoms with Gasteiger partial charge in [0.1, 0.15) is 6.54 Å². The van der Waals surface area contributed by atoms with Gasteiger partial charge in [0.25, 0.3) is 0 Å². The van der Waals surface area contributed by atoms with Crippen molar-refractivity contribution in [2.24, 2.45) is 46.3 Å². The second-order valence-corrected chi connectivity index (χ2v) is 31.3. The Balaban J connectivity index is 1.27. The van der Waals surface area contributed by atoms with Gasteiger partial charge in [0, 0.05) is 70.5 Å². The molecule has 4 saturated carbocycles. The van der Waals surface area contributed by atoms with Crippen molar-refractivity contribution in [2.45, 2.75) is 171 Å². The van der Waals surface area contributed by atoms with E-state index in [4.69, 9.17) is 0 Å². The lowest BCUT2D eigenvalue weighted by Crippen LogP contribution is -2.48. The van der Waals surface area contributed by atoms with Crippen LogP contribution in [0, 0.1) is 46.3 Å². The van der Waals surface area contributed by atoms with E-state index in [9.17, 15) is 60.3 Å². The number of nitrogens with zero attached hydrogens (tertiary/aromatic N) is 2. The van der Waals surface area contributed by atoms with Crippen LogP contribution in [0.2, 0.25) is 0 Å². The third kappa shape index (κ3) is 10.7. The lowest BCUT2D eigenvalue weighted by Gasteiger charge is -2.49. The lowest BCUT2D eigenvalue weighted by molar-refractivity contribution is -0.569. The Kier molecular flexibility index (Phi) is 15.1. The van der Waals surface area contributed by atoms with E-state index in [2.05, 4.69) is 37.2 Å². The normalized spacial score (nSPS) is 35.6. The van der Waals surface area contributed by atoms with Gasteiger partial charge in [-0.05, 0) is 158 Å². The third-order valence-corrected chi connectivity index (χ3v) is 24.1. The highest BCUT2D eigenvalue weighted by Gasteiger charge is 2.61. The van der Waals surface area contributed by atoms with Crippen molar-refractivity contribution in [2.75, 3.05) is 19.3 Å². The molecule has 2 aliphatic heterocycles.